The molecule has 1 aliphatic heterocycles. The number of hydrogen-bond acceptors (Lipinski definition) is 2. The van der Waals surface area contributed by atoms with Gasteiger partial charge in [-0.3, -0.25) is 0 Å². The van der Waals surface area contributed by atoms with Crippen LogP contribution in [-0.4, -0.2) is 23.5 Å². The molecule has 3 N–H and O–H groups in total. The van der Waals surface area contributed by atoms with E-state index in [1.165, 1.54) is 27.7 Å². The molecule has 0 radical (unpaired) electrons. The van der Waals surface area contributed by atoms with Crippen molar-refractivity contribution < 1.29 is 0 Å². The zero-order valence-electron chi connectivity index (χ0n) is 9.59. The molecule has 0 saturated heterocycles. The molecule has 2 heterocycles. The van der Waals surface area contributed by atoms with Crippen molar-refractivity contribution in [3.05, 3.63) is 35.0 Å². The second kappa shape index (κ2) is 3.61. The van der Waals surface area contributed by atoms with Crippen LogP contribution < -0.4 is 5.73 Å². The Morgan fingerprint density at radius 2 is 2.31 bits per heavy atom. The van der Waals surface area contributed by atoms with Crippen molar-refractivity contribution in [1.29, 1.82) is 0 Å². The van der Waals surface area contributed by atoms with Crippen molar-refractivity contribution in [2.45, 2.75) is 19.5 Å². The Hall–Kier alpha value is -1.32. The third-order valence-electron chi connectivity index (χ3n) is 3.51. The number of nitrogens with two attached hydrogens (primary N) is 1. The van der Waals surface area contributed by atoms with Crippen LogP contribution in [0.1, 0.15) is 16.8 Å². The van der Waals surface area contributed by atoms with Crippen LogP contribution in [0.2, 0.25) is 0 Å². The number of nitrogens with one attached hydrogen (secondary N) is 1. The lowest BCUT2D eigenvalue weighted by atomic mass is 10.0. The Morgan fingerprint density at radius 1 is 1.44 bits per heavy atom. The lowest BCUT2D eigenvalue weighted by Crippen LogP contribution is -2.25. The lowest BCUT2D eigenvalue weighted by Gasteiger charge is -2.22. The van der Waals surface area contributed by atoms with E-state index >= 15 is 0 Å². The van der Waals surface area contributed by atoms with Gasteiger partial charge in [-0.1, -0.05) is 18.2 Å². The van der Waals surface area contributed by atoms with Crippen molar-refractivity contribution in [2.75, 3.05) is 13.6 Å². The maximum Gasteiger partial charge on any atom is 0.0505 e. The minimum atomic E-state index is 0.604. The van der Waals surface area contributed by atoms with Gasteiger partial charge in [-0.25, -0.2) is 0 Å². The highest BCUT2D eigenvalue weighted by Crippen LogP contribution is 2.28. The van der Waals surface area contributed by atoms with Gasteiger partial charge in [-0.15, -0.1) is 0 Å². The van der Waals surface area contributed by atoms with Gasteiger partial charge in [0.2, 0.25) is 0 Å². The number of para-hydroxylation sites is 1. The molecule has 0 amide bonds. The largest absolute Gasteiger partial charge is 0.358 e. The fourth-order valence-corrected chi connectivity index (χ4v) is 2.60. The molecule has 0 fully saturated rings. The molecule has 0 aliphatic carbocycles. The molecule has 0 spiro atoms. The lowest BCUT2D eigenvalue weighted by molar-refractivity contribution is 0.313. The number of aromatic amines is 1. The summed E-state index contributed by atoms with van der Waals surface area (Å²) in [6, 6.07) is 6.41. The smallest absolute Gasteiger partial charge is 0.0505 e. The number of nitrogens with zero attached hydrogens (tertiary/aromatic N) is 1. The summed E-state index contributed by atoms with van der Waals surface area (Å²) in [5, 5.41) is 1.35. The highest BCUT2D eigenvalue weighted by atomic mass is 15.1. The van der Waals surface area contributed by atoms with Crippen LogP contribution in [0.3, 0.4) is 0 Å². The molecule has 0 unspecified atom stereocenters. The summed E-state index contributed by atoms with van der Waals surface area (Å²) < 4.78 is 0. The first-order valence-corrected chi connectivity index (χ1v) is 5.79. The predicted octanol–water partition coefficient (Wildman–Crippen LogP) is 1.61. The van der Waals surface area contributed by atoms with Crippen LogP contribution in [0.15, 0.2) is 18.2 Å². The topological polar surface area (TPSA) is 45.0 Å². The van der Waals surface area contributed by atoms with Crippen molar-refractivity contribution in [3.8, 4) is 0 Å². The van der Waals surface area contributed by atoms with Crippen molar-refractivity contribution in [2.24, 2.45) is 5.73 Å². The van der Waals surface area contributed by atoms with Gasteiger partial charge in [0.05, 0.1) is 5.52 Å². The normalized spacial score (nSPS) is 16.6. The van der Waals surface area contributed by atoms with Crippen molar-refractivity contribution >= 4 is 10.9 Å². The van der Waals surface area contributed by atoms with E-state index in [-0.39, 0.29) is 0 Å². The molecule has 16 heavy (non-hydrogen) atoms. The molecule has 3 heteroatoms. The second-order valence-corrected chi connectivity index (χ2v) is 4.61. The molecule has 84 valence electrons. The van der Waals surface area contributed by atoms with Gasteiger partial charge in [0.15, 0.2) is 0 Å². The van der Waals surface area contributed by atoms with Crippen molar-refractivity contribution in [1.82, 2.24) is 9.88 Å². The van der Waals surface area contributed by atoms with Crippen LogP contribution in [-0.2, 0) is 19.5 Å². The van der Waals surface area contributed by atoms with E-state index in [2.05, 4.69) is 35.1 Å². The summed E-state index contributed by atoms with van der Waals surface area (Å²) in [5.41, 5.74) is 11.1. The van der Waals surface area contributed by atoms with Gasteiger partial charge in [0.1, 0.15) is 0 Å². The minimum absolute atomic E-state index is 0.604. The van der Waals surface area contributed by atoms with Crippen LogP contribution in [0.5, 0.6) is 0 Å². The van der Waals surface area contributed by atoms with E-state index in [0.29, 0.717) is 6.54 Å². The average Bonchev–Trinajstić information content (AvgIpc) is 2.67. The van der Waals surface area contributed by atoms with Gasteiger partial charge in [0.25, 0.3) is 0 Å². The van der Waals surface area contributed by atoms with Gasteiger partial charge in [0, 0.05) is 37.1 Å². The quantitative estimate of drug-likeness (QED) is 0.759. The van der Waals surface area contributed by atoms with E-state index in [4.69, 9.17) is 5.73 Å². The maximum atomic E-state index is 5.77. The Labute approximate surface area is 95.2 Å². The van der Waals surface area contributed by atoms with E-state index < -0.39 is 0 Å². The number of rotatable bonds is 1. The Bertz CT molecular complexity index is 527. The van der Waals surface area contributed by atoms with Crippen LogP contribution in [0, 0.1) is 0 Å². The van der Waals surface area contributed by atoms with Crippen molar-refractivity contribution in [3.63, 3.8) is 0 Å². The summed E-state index contributed by atoms with van der Waals surface area (Å²) in [4.78, 5) is 5.92. The van der Waals surface area contributed by atoms with E-state index in [1.807, 2.05) is 0 Å². The maximum absolute atomic E-state index is 5.77. The first kappa shape index (κ1) is 9.87. The highest BCUT2D eigenvalue weighted by Gasteiger charge is 2.18. The SMILES string of the molecule is CN1CCc2[nH]c3c(CN)cccc3c2C1. The van der Waals surface area contributed by atoms with E-state index in [9.17, 15) is 0 Å². The standard InChI is InChI=1S/C13H17N3/c1-16-6-5-12-11(8-16)10-4-2-3-9(7-14)13(10)15-12/h2-4,15H,5-8,14H2,1H3. The predicted molar refractivity (Wildman–Crippen MR) is 66.2 cm³/mol. The molecule has 3 nitrogen and oxygen atoms in total. The summed E-state index contributed by atoms with van der Waals surface area (Å²) in [6.07, 6.45) is 1.12. The van der Waals surface area contributed by atoms with Gasteiger partial charge < -0.3 is 15.6 Å². The molecular weight excluding hydrogens is 198 g/mol. The third kappa shape index (κ3) is 1.36. The summed E-state index contributed by atoms with van der Waals surface area (Å²) >= 11 is 0. The molecule has 1 aromatic heterocycles. The molecular formula is C13H17N3. The van der Waals surface area contributed by atoms with Gasteiger partial charge >= 0.3 is 0 Å². The fraction of sp³-hybridized carbons (Fsp3) is 0.385. The molecule has 3 rings (SSSR count). The van der Waals surface area contributed by atoms with Crippen LogP contribution >= 0.6 is 0 Å². The first-order chi connectivity index (χ1) is 7.79. The first-order valence-electron chi connectivity index (χ1n) is 5.79. The summed E-state index contributed by atoms with van der Waals surface area (Å²) in [6.45, 7) is 2.79. The number of likely N-dealkylation sites (N-methyl/N-ethyl adjacent to an activating group) is 1. The summed E-state index contributed by atoms with van der Waals surface area (Å²) in [7, 11) is 2.18. The van der Waals surface area contributed by atoms with Crippen LogP contribution in [0.25, 0.3) is 10.9 Å². The molecule has 1 aromatic carbocycles. The zero-order valence-corrected chi connectivity index (χ0v) is 9.59. The van der Waals surface area contributed by atoms with Crippen LogP contribution in [0.4, 0.5) is 0 Å². The molecule has 0 bridgehead atoms. The van der Waals surface area contributed by atoms with Gasteiger partial charge in [-0.05, 0) is 18.2 Å². The minimum Gasteiger partial charge on any atom is -0.358 e. The second-order valence-electron chi connectivity index (χ2n) is 4.61. The fourth-order valence-electron chi connectivity index (χ4n) is 2.60. The molecule has 1 aliphatic rings. The number of fused-ring (bicyclic) bond motifs is 3. The van der Waals surface area contributed by atoms with Gasteiger partial charge in [-0.2, -0.15) is 0 Å². The Kier molecular flexibility index (Phi) is 2.23. The Balaban J connectivity index is 2.25. The zero-order chi connectivity index (χ0) is 11.1. The number of H-pyrrole nitrogens is 1. The number of aromatic nitrogens is 1. The Morgan fingerprint density at radius 3 is 3.12 bits per heavy atom. The third-order valence-corrected chi connectivity index (χ3v) is 3.51. The molecule has 0 saturated carbocycles. The molecule has 0 atom stereocenters. The number of hydrogen-bond donors (Lipinski definition) is 2. The molecule has 2 aromatic rings. The van der Waals surface area contributed by atoms with E-state index in [0.717, 1.165) is 19.5 Å². The highest BCUT2D eigenvalue weighted by molar-refractivity contribution is 5.87. The summed E-state index contributed by atoms with van der Waals surface area (Å²) in [5.74, 6) is 0. The number of benzene rings is 1. The monoisotopic (exact) mass is 215 g/mol. The van der Waals surface area contributed by atoms with E-state index in [1.54, 1.807) is 0 Å². The average molecular weight is 215 g/mol.